The first-order chi connectivity index (χ1) is 6.50. The minimum Gasteiger partial charge on any atom is -0.768 e. The van der Waals surface area contributed by atoms with E-state index in [1.54, 1.807) is 0 Å². The van der Waals surface area contributed by atoms with Crippen molar-refractivity contribution in [3.05, 3.63) is 23.2 Å². The molecule has 1 atom stereocenters. The zero-order valence-electron chi connectivity index (χ0n) is 7.58. The minimum absolute atomic E-state index is 0. The first-order valence-corrected chi connectivity index (χ1v) is 4.79. The van der Waals surface area contributed by atoms with Crippen LogP contribution in [0.15, 0.2) is 23.1 Å². The van der Waals surface area contributed by atoms with Crippen LogP contribution in [0, 0.1) is 0 Å². The van der Waals surface area contributed by atoms with Crippen molar-refractivity contribution >= 4 is 22.7 Å². The van der Waals surface area contributed by atoms with E-state index in [1.165, 1.54) is 6.07 Å². The summed E-state index contributed by atoms with van der Waals surface area (Å²) < 4.78 is 48.7. The zero-order chi connectivity index (χ0) is 10.7. The third-order valence-corrected chi connectivity index (χ3v) is 2.21. The van der Waals surface area contributed by atoms with E-state index in [0.717, 1.165) is 12.1 Å². The molecular weight excluding hydrogens is 261 g/mol. The average molecular weight is 265 g/mol. The SMILES string of the molecule is O=S([O-])c1cc(Cl)ccc1OC(F)F.[Na+]. The van der Waals surface area contributed by atoms with Gasteiger partial charge in [-0.05, 0) is 29.3 Å². The number of hydrogen-bond donors (Lipinski definition) is 0. The van der Waals surface area contributed by atoms with Crippen LogP contribution in [0.5, 0.6) is 5.75 Å². The molecule has 0 N–H and O–H groups in total. The van der Waals surface area contributed by atoms with E-state index in [2.05, 4.69) is 4.74 Å². The van der Waals surface area contributed by atoms with E-state index in [4.69, 9.17) is 11.6 Å². The normalized spacial score (nSPS) is 12.1. The zero-order valence-corrected chi connectivity index (χ0v) is 11.1. The fourth-order valence-electron chi connectivity index (χ4n) is 0.805. The van der Waals surface area contributed by atoms with Gasteiger partial charge in [0.25, 0.3) is 0 Å². The molecule has 0 bridgehead atoms. The largest absolute Gasteiger partial charge is 1.00 e. The van der Waals surface area contributed by atoms with Crippen LogP contribution in [0.4, 0.5) is 8.78 Å². The fourth-order valence-corrected chi connectivity index (χ4v) is 1.55. The summed E-state index contributed by atoms with van der Waals surface area (Å²) in [5.41, 5.74) is 0. The molecule has 0 saturated carbocycles. The van der Waals surface area contributed by atoms with Crippen molar-refractivity contribution < 1.29 is 51.8 Å². The van der Waals surface area contributed by atoms with Gasteiger partial charge in [-0.2, -0.15) is 8.78 Å². The molecule has 0 spiro atoms. The van der Waals surface area contributed by atoms with Crippen LogP contribution in [0.3, 0.4) is 0 Å². The molecule has 1 unspecified atom stereocenters. The van der Waals surface area contributed by atoms with E-state index >= 15 is 0 Å². The second-order valence-corrected chi connectivity index (χ2v) is 3.55. The standard InChI is InChI=1S/C7H5ClF2O3S.Na/c8-4-1-2-5(13-7(9)10)6(3-4)14(11)12;/h1-3,7H,(H,11,12);/q;+1/p-1. The molecule has 0 heterocycles. The van der Waals surface area contributed by atoms with Crippen molar-refractivity contribution in [1.82, 2.24) is 0 Å². The van der Waals surface area contributed by atoms with Crippen LogP contribution in [-0.2, 0) is 11.1 Å². The van der Waals surface area contributed by atoms with Gasteiger partial charge in [0.2, 0.25) is 0 Å². The molecular formula is C7H4ClF2NaO3S. The van der Waals surface area contributed by atoms with Gasteiger partial charge < -0.3 is 9.29 Å². The second-order valence-electron chi connectivity index (χ2n) is 2.20. The van der Waals surface area contributed by atoms with Crippen molar-refractivity contribution in [2.24, 2.45) is 0 Å². The first-order valence-electron chi connectivity index (χ1n) is 3.34. The Bertz CT molecular complexity index is 364. The third-order valence-electron chi connectivity index (χ3n) is 1.30. The van der Waals surface area contributed by atoms with Gasteiger partial charge in [-0.1, -0.05) is 11.6 Å². The average Bonchev–Trinajstić information content (AvgIpc) is 2.07. The molecule has 1 aromatic carbocycles. The maximum Gasteiger partial charge on any atom is 1.00 e. The van der Waals surface area contributed by atoms with E-state index in [0.29, 0.717) is 0 Å². The van der Waals surface area contributed by atoms with Gasteiger partial charge in [0.15, 0.2) is 0 Å². The molecule has 1 rings (SSSR count). The molecule has 3 nitrogen and oxygen atoms in total. The fraction of sp³-hybridized carbons (Fsp3) is 0.143. The van der Waals surface area contributed by atoms with Crippen molar-refractivity contribution in [1.29, 1.82) is 0 Å². The van der Waals surface area contributed by atoms with Crippen molar-refractivity contribution in [3.63, 3.8) is 0 Å². The number of benzene rings is 1. The van der Waals surface area contributed by atoms with Crippen molar-refractivity contribution in [3.8, 4) is 5.75 Å². The molecule has 0 aromatic heterocycles. The Morgan fingerprint density at radius 1 is 1.47 bits per heavy atom. The first kappa shape index (κ1) is 15.3. The Labute approximate surface area is 114 Å². The maximum atomic E-state index is 11.8. The topological polar surface area (TPSA) is 49.4 Å². The summed E-state index contributed by atoms with van der Waals surface area (Å²) in [4.78, 5) is -0.391. The Balaban J connectivity index is 0.00000196. The van der Waals surface area contributed by atoms with Gasteiger partial charge in [0, 0.05) is 5.02 Å². The predicted octanol–water partition coefficient (Wildman–Crippen LogP) is -0.817. The second kappa shape index (κ2) is 6.78. The predicted molar refractivity (Wildman–Crippen MR) is 45.3 cm³/mol. The van der Waals surface area contributed by atoms with Crippen molar-refractivity contribution in [2.75, 3.05) is 0 Å². The van der Waals surface area contributed by atoms with E-state index in [9.17, 15) is 17.5 Å². The molecule has 0 aliphatic carbocycles. The Morgan fingerprint density at radius 2 is 2.07 bits per heavy atom. The summed E-state index contributed by atoms with van der Waals surface area (Å²) in [5, 5.41) is 0.130. The summed E-state index contributed by atoms with van der Waals surface area (Å²) in [5.74, 6) is -0.419. The van der Waals surface area contributed by atoms with Gasteiger partial charge in [0.05, 0.1) is 4.90 Å². The van der Waals surface area contributed by atoms with Gasteiger partial charge in [-0.25, -0.2) is 0 Å². The van der Waals surface area contributed by atoms with Gasteiger partial charge >= 0.3 is 36.2 Å². The third kappa shape index (κ3) is 4.76. The summed E-state index contributed by atoms with van der Waals surface area (Å²) in [7, 11) is 0. The minimum atomic E-state index is -3.07. The van der Waals surface area contributed by atoms with Crippen LogP contribution in [-0.4, -0.2) is 15.4 Å². The number of rotatable bonds is 3. The van der Waals surface area contributed by atoms with Crippen LogP contribution in [0.2, 0.25) is 5.02 Å². The smallest absolute Gasteiger partial charge is 0.768 e. The summed E-state index contributed by atoms with van der Waals surface area (Å²) >= 11 is 2.82. The van der Waals surface area contributed by atoms with Gasteiger partial charge in [-0.3, -0.25) is 4.21 Å². The van der Waals surface area contributed by atoms with Crippen LogP contribution in [0.1, 0.15) is 0 Å². The summed E-state index contributed by atoms with van der Waals surface area (Å²) in [6.07, 6.45) is 0. The van der Waals surface area contributed by atoms with Gasteiger partial charge in [-0.15, -0.1) is 0 Å². The molecule has 0 saturated heterocycles. The van der Waals surface area contributed by atoms with Crippen LogP contribution >= 0.6 is 11.6 Å². The molecule has 0 radical (unpaired) electrons. The molecule has 0 aliphatic heterocycles. The van der Waals surface area contributed by atoms with E-state index < -0.39 is 28.3 Å². The Hall–Kier alpha value is 0.280. The number of hydrogen-bond acceptors (Lipinski definition) is 3. The molecule has 0 fully saturated rings. The van der Waals surface area contributed by atoms with Gasteiger partial charge in [0.1, 0.15) is 5.75 Å². The Morgan fingerprint density at radius 3 is 2.53 bits per heavy atom. The number of ether oxygens (including phenoxy) is 1. The quantitative estimate of drug-likeness (QED) is 0.530. The summed E-state index contributed by atoms with van der Waals surface area (Å²) in [6.45, 7) is -3.07. The van der Waals surface area contributed by atoms with Crippen LogP contribution in [0.25, 0.3) is 0 Å². The molecule has 15 heavy (non-hydrogen) atoms. The molecule has 0 amide bonds. The van der Waals surface area contributed by atoms with E-state index in [-0.39, 0.29) is 34.6 Å². The summed E-state index contributed by atoms with van der Waals surface area (Å²) in [6, 6.07) is 3.36. The number of halogens is 3. The molecule has 1 aromatic rings. The molecule has 0 aliphatic rings. The monoisotopic (exact) mass is 264 g/mol. The Kier molecular flexibility index (Phi) is 6.90. The van der Waals surface area contributed by atoms with Crippen LogP contribution < -0.4 is 34.3 Å². The molecule has 78 valence electrons. The van der Waals surface area contributed by atoms with Crippen molar-refractivity contribution in [2.45, 2.75) is 11.5 Å². The maximum absolute atomic E-state index is 11.8. The number of alkyl halides is 2. The van der Waals surface area contributed by atoms with E-state index in [1.807, 2.05) is 0 Å². The molecule has 8 heteroatoms.